The van der Waals surface area contributed by atoms with Gasteiger partial charge in [0.1, 0.15) is 11.6 Å². The Morgan fingerprint density at radius 2 is 1.90 bits per heavy atom. The van der Waals surface area contributed by atoms with Gasteiger partial charge in [0.2, 0.25) is 0 Å². The van der Waals surface area contributed by atoms with Crippen molar-refractivity contribution in [1.29, 1.82) is 0 Å². The normalized spacial score (nSPS) is 18.5. The topological polar surface area (TPSA) is 82.8 Å². The number of aliphatic hydroxyl groups excluding tert-OH is 1. The fraction of sp³-hybridized carbons (Fsp3) is 0.450. The predicted octanol–water partition coefficient (Wildman–Crippen LogP) is 1.25. The summed E-state index contributed by atoms with van der Waals surface area (Å²) in [7, 11) is 2.09. The summed E-state index contributed by atoms with van der Waals surface area (Å²) >= 11 is 0. The van der Waals surface area contributed by atoms with E-state index in [1.54, 1.807) is 0 Å². The van der Waals surface area contributed by atoms with Crippen LogP contribution >= 0.6 is 0 Å². The second-order valence-electron chi connectivity index (χ2n) is 7.88. The highest BCUT2D eigenvalue weighted by Crippen LogP contribution is 2.30. The summed E-state index contributed by atoms with van der Waals surface area (Å²) < 4.78 is 1.85. The number of hydrogen-bond donors (Lipinski definition) is 1. The van der Waals surface area contributed by atoms with Crippen LogP contribution in [-0.4, -0.2) is 75.8 Å². The van der Waals surface area contributed by atoms with Gasteiger partial charge in [-0.3, -0.25) is 9.74 Å². The lowest BCUT2D eigenvalue weighted by Gasteiger charge is -2.37. The lowest BCUT2D eigenvalue weighted by molar-refractivity contribution is 0.0228. The monoisotopic (exact) mass is 395 g/mol. The minimum atomic E-state index is -0.285. The molecule has 152 valence electrons. The summed E-state index contributed by atoms with van der Waals surface area (Å²) in [6.07, 6.45) is 1.58. The second-order valence-corrected chi connectivity index (χ2v) is 7.88. The molecule has 2 aromatic heterocycles. The number of aryl methyl sites for hydroxylation is 2. The molecule has 1 N–H and O–H groups in total. The molecule has 0 saturated carbocycles. The zero-order chi connectivity index (χ0) is 20.1. The molecule has 0 aliphatic carbocycles. The average molecular weight is 395 g/mol. The highest BCUT2D eigenvalue weighted by atomic mass is 16.7. The van der Waals surface area contributed by atoms with E-state index in [-0.39, 0.29) is 6.10 Å². The number of hydrogen-bond acceptors (Lipinski definition) is 8. The van der Waals surface area contributed by atoms with Gasteiger partial charge in [-0.25, -0.2) is 19.7 Å². The fourth-order valence-electron chi connectivity index (χ4n) is 3.86. The van der Waals surface area contributed by atoms with E-state index in [1.165, 1.54) is 0 Å². The first-order valence-electron chi connectivity index (χ1n) is 9.84. The predicted molar refractivity (Wildman–Crippen MR) is 110 cm³/mol. The zero-order valence-electron chi connectivity index (χ0n) is 16.9. The number of β-amino-alcohol motifs (C(OH)–C–C–N with tert-alkyl or cyclic N) is 1. The number of fused-ring (bicyclic) bond motifs is 1. The largest absolute Gasteiger partial charge is 0.389 e. The lowest BCUT2D eigenvalue weighted by Crippen LogP contribution is -2.51. The van der Waals surface area contributed by atoms with Crippen molar-refractivity contribution < 1.29 is 9.94 Å². The molecule has 2 aliphatic rings. The molecule has 9 heteroatoms. The standard InChI is InChI=1S/C20H25N7O2/c1-13-6-15-9-21-27(18(15)7-17(13)26-12-24(3)4-5-29-26)20-8-19(22-14(2)23-20)25-10-16(28)11-25/h6-9,16,28H,4-5,10-12H2,1-3H3. The van der Waals surface area contributed by atoms with Gasteiger partial charge in [-0.15, -0.1) is 0 Å². The molecular formula is C20H25N7O2. The smallest absolute Gasteiger partial charge is 0.159 e. The quantitative estimate of drug-likeness (QED) is 0.710. The number of aliphatic hydroxyl groups is 1. The second kappa shape index (κ2) is 6.94. The minimum absolute atomic E-state index is 0.285. The molecular weight excluding hydrogens is 370 g/mol. The van der Waals surface area contributed by atoms with E-state index in [0.29, 0.717) is 32.2 Å². The Morgan fingerprint density at radius 3 is 2.66 bits per heavy atom. The van der Waals surface area contributed by atoms with Crippen LogP contribution in [0.2, 0.25) is 0 Å². The molecule has 3 aromatic rings. The Balaban J connectivity index is 1.56. The maximum Gasteiger partial charge on any atom is 0.159 e. The van der Waals surface area contributed by atoms with E-state index >= 15 is 0 Å². The van der Waals surface area contributed by atoms with Crippen LogP contribution in [0.15, 0.2) is 24.4 Å². The third-order valence-electron chi connectivity index (χ3n) is 5.46. The van der Waals surface area contributed by atoms with Crippen LogP contribution in [0, 0.1) is 13.8 Å². The summed E-state index contributed by atoms with van der Waals surface area (Å²) in [5.74, 6) is 2.21. The van der Waals surface area contributed by atoms with E-state index < -0.39 is 0 Å². The van der Waals surface area contributed by atoms with Crippen LogP contribution in [0.5, 0.6) is 0 Å². The first kappa shape index (κ1) is 18.3. The van der Waals surface area contributed by atoms with Crippen LogP contribution in [0.3, 0.4) is 0 Å². The van der Waals surface area contributed by atoms with Crippen LogP contribution in [-0.2, 0) is 4.84 Å². The third-order valence-corrected chi connectivity index (χ3v) is 5.46. The van der Waals surface area contributed by atoms with E-state index in [0.717, 1.165) is 40.3 Å². The summed E-state index contributed by atoms with van der Waals surface area (Å²) in [5, 5.41) is 17.2. The molecule has 1 aromatic carbocycles. The van der Waals surface area contributed by atoms with Crippen LogP contribution in [0.1, 0.15) is 11.4 Å². The third kappa shape index (κ3) is 3.31. The molecule has 9 nitrogen and oxygen atoms in total. The Bertz CT molecular complexity index is 1060. The van der Waals surface area contributed by atoms with E-state index in [2.05, 4.69) is 46.1 Å². The van der Waals surface area contributed by atoms with Crippen molar-refractivity contribution in [1.82, 2.24) is 24.6 Å². The first-order valence-corrected chi connectivity index (χ1v) is 9.84. The SMILES string of the molecule is Cc1nc(N2CC(O)C2)cc(-n2ncc3cc(C)c(N4CN(C)CCO4)cc32)n1. The molecule has 0 radical (unpaired) electrons. The first-order chi connectivity index (χ1) is 14.0. The molecule has 4 heterocycles. The summed E-state index contributed by atoms with van der Waals surface area (Å²) in [6, 6.07) is 6.17. The van der Waals surface area contributed by atoms with Crippen LogP contribution < -0.4 is 9.96 Å². The van der Waals surface area contributed by atoms with Gasteiger partial charge in [0, 0.05) is 31.1 Å². The molecule has 29 heavy (non-hydrogen) atoms. The van der Waals surface area contributed by atoms with Gasteiger partial charge in [0.15, 0.2) is 5.82 Å². The number of rotatable bonds is 3. The zero-order valence-corrected chi connectivity index (χ0v) is 16.9. The van der Waals surface area contributed by atoms with Crippen LogP contribution in [0.25, 0.3) is 16.7 Å². The van der Waals surface area contributed by atoms with Crippen molar-refractivity contribution in [3.8, 4) is 5.82 Å². The van der Waals surface area contributed by atoms with Crippen molar-refractivity contribution in [2.75, 3.05) is 49.9 Å². The van der Waals surface area contributed by atoms with Gasteiger partial charge in [-0.1, -0.05) is 0 Å². The number of likely N-dealkylation sites (N-methyl/N-ethyl adjacent to an activating group) is 1. The summed E-state index contributed by atoms with van der Waals surface area (Å²) in [4.78, 5) is 19.3. The molecule has 0 spiro atoms. The van der Waals surface area contributed by atoms with Crippen molar-refractivity contribution in [3.63, 3.8) is 0 Å². The molecule has 0 unspecified atom stereocenters. The van der Waals surface area contributed by atoms with E-state index in [1.807, 2.05) is 33.8 Å². The van der Waals surface area contributed by atoms with Gasteiger partial charge >= 0.3 is 0 Å². The highest BCUT2D eigenvalue weighted by Gasteiger charge is 2.26. The number of nitrogens with zero attached hydrogens (tertiary/aromatic N) is 7. The maximum absolute atomic E-state index is 9.62. The number of aromatic nitrogens is 4. The van der Waals surface area contributed by atoms with E-state index in [9.17, 15) is 5.11 Å². The van der Waals surface area contributed by atoms with Gasteiger partial charge < -0.3 is 10.0 Å². The lowest BCUT2D eigenvalue weighted by atomic mass is 10.1. The Hall–Kier alpha value is -2.75. The molecule has 2 fully saturated rings. The summed E-state index contributed by atoms with van der Waals surface area (Å²) in [6.45, 7) is 7.47. The Morgan fingerprint density at radius 1 is 1.10 bits per heavy atom. The van der Waals surface area contributed by atoms with Crippen molar-refractivity contribution in [2.45, 2.75) is 20.0 Å². The van der Waals surface area contributed by atoms with Crippen molar-refractivity contribution in [2.24, 2.45) is 0 Å². The van der Waals surface area contributed by atoms with Gasteiger partial charge in [-0.2, -0.15) is 5.10 Å². The van der Waals surface area contributed by atoms with Gasteiger partial charge in [0.05, 0.1) is 36.8 Å². The molecule has 0 amide bonds. The van der Waals surface area contributed by atoms with Crippen molar-refractivity contribution >= 4 is 22.4 Å². The fourth-order valence-corrected chi connectivity index (χ4v) is 3.86. The molecule has 0 bridgehead atoms. The molecule has 5 rings (SSSR count). The molecule has 2 aliphatic heterocycles. The van der Waals surface area contributed by atoms with Crippen molar-refractivity contribution in [3.05, 3.63) is 35.8 Å². The Labute approximate surface area is 169 Å². The maximum atomic E-state index is 9.62. The Kier molecular flexibility index (Phi) is 4.38. The average Bonchev–Trinajstić information content (AvgIpc) is 3.07. The summed E-state index contributed by atoms with van der Waals surface area (Å²) in [5.41, 5.74) is 3.14. The van der Waals surface area contributed by atoms with Gasteiger partial charge in [0.25, 0.3) is 0 Å². The van der Waals surface area contributed by atoms with Crippen LogP contribution in [0.4, 0.5) is 11.5 Å². The number of benzene rings is 1. The molecule has 2 saturated heterocycles. The highest BCUT2D eigenvalue weighted by molar-refractivity contribution is 5.85. The molecule has 0 atom stereocenters. The van der Waals surface area contributed by atoms with Gasteiger partial charge in [-0.05, 0) is 38.6 Å². The minimum Gasteiger partial charge on any atom is -0.389 e. The number of hydroxylamine groups is 1. The number of anilines is 2. The van der Waals surface area contributed by atoms with E-state index in [4.69, 9.17) is 4.84 Å².